The second-order valence-corrected chi connectivity index (χ2v) is 8.66. The van der Waals surface area contributed by atoms with Gasteiger partial charge in [-0.15, -0.1) is 0 Å². The van der Waals surface area contributed by atoms with Crippen molar-refractivity contribution < 1.29 is 14.3 Å². The first kappa shape index (κ1) is 23.3. The fraction of sp³-hybridized carbons (Fsp3) is 0.214. The van der Waals surface area contributed by atoms with Crippen LogP contribution in [0, 0.1) is 0 Å². The first-order valence-corrected chi connectivity index (χ1v) is 11.8. The molecule has 0 spiro atoms. The highest BCUT2D eigenvalue weighted by Gasteiger charge is 2.28. The van der Waals surface area contributed by atoms with Gasteiger partial charge >= 0.3 is 0 Å². The van der Waals surface area contributed by atoms with Crippen LogP contribution in [-0.2, 0) is 6.54 Å². The van der Waals surface area contributed by atoms with Gasteiger partial charge in [-0.25, -0.2) is 4.68 Å². The Morgan fingerprint density at radius 1 is 0.806 bits per heavy atom. The Morgan fingerprint density at radius 3 is 2.14 bits per heavy atom. The van der Waals surface area contributed by atoms with Gasteiger partial charge in [0.25, 0.3) is 17.4 Å². The molecule has 0 saturated carbocycles. The number of carbonyl (C=O) groups is 2. The third-order valence-corrected chi connectivity index (χ3v) is 6.42. The maximum atomic E-state index is 13.6. The van der Waals surface area contributed by atoms with E-state index in [-0.39, 0.29) is 29.6 Å². The van der Waals surface area contributed by atoms with Gasteiger partial charge in [-0.2, -0.15) is 5.10 Å². The molecule has 182 valence electrons. The summed E-state index contributed by atoms with van der Waals surface area (Å²) in [7, 11) is 1.56. The van der Waals surface area contributed by atoms with Crippen LogP contribution in [-0.4, -0.2) is 64.7 Å². The average molecular weight is 483 g/mol. The summed E-state index contributed by atoms with van der Waals surface area (Å²) in [6, 6.07) is 23.7. The molecule has 0 aliphatic carbocycles. The number of aromatic nitrogens is 2. The molecule has 0 N–H and O–H groups in total. The number of nitrogens with zero attached hydrogens (tertiary/aromatic N) is 4. The Balaban J connectivity index is 1.38. The molecule has 36 heavy (non-hydrogen) atoms. The van der Waals surface area contributed by atoms with Crippen molar-refractivity contribution >= 4 is 22.6 Å². The zero-order chi connectivity index (χ0) is 25.1. The largest absolute Gasteiger partial charge is 0.497 e. The van der Waals surface area contributed by atoms with Crippen LogP contribution in [0.15, 0.2) is 83.7 Å². The Labute approximate surface area is 208 Å². The molecule has 5 rings (SSSR count). The van der Waals surface area contributed by atoms with Gasteiger partial charge in [0.05, 0.1) is 19.0 Å². The van der Waals surface area contributed by atoms with E-state index < -0.39 is 0 Å². The van der Waals surface area contributed by atoms with E-state index in [1.165, 1.54) is 4.68 Å². The molecule has 1 aliphatic rings. The summed E-state index contributed by atoms with van der Waals surface area (Å²) in [5.41, 5.74) is 1.48. The Bertz CT molecular complexity index is 1470. The lowest BCUT2D eigenvalue weighted by Gasteiger charge is -2.34. The minimum absolute atomic E-state index is 0.0963. The summed E-state index contributed by atoms with van der Waals surface area (Å²) in [6.07, 6.45) is 0. The summed E-state index contributed by atoms with van der Waals surface area (Å²) < 4.78 is 6.58. The molecule has 1 aromatic heterocycles. The number of ether oxygens (including phenoxy) is 1. The average Bonchev–Trinajstić information content (AvgIpc) is 2.94. The Hall–Kier alpha value is -4.46. The second kappa shape index (κ2) is 10.0. The molecule has 0 radical (unpaired) electrons. The van der Waals surface area contributed by atoms with Crippen molar-refractivity contribution in [3.8, 4) is 5.75 Å². The van der Waals surface area contributed by atoms with E-state index in [4.69, 9.17) is 4.74 Å². The number of fused-ring (bicyclic) bond motifs is 1. The zero-order valence-electron chi connectivity index (χ0n) is 20.0. The molecule has 4 aromatic rings. The number of amides is 2. The zero-order valence-corrected chi connectivity index (χ0v) is 20.0. The van der Waals surface area contributed by atoms with Gasteiger partial charge in [0.15, 0.2) is 5.69 Å². The number of hydrogen-bond donors (Lipinski definition) is 0. The van der Waals surface area contributed by atoms with E-state index in [0.29, 0.717) is 48.3 Å². The highest BCUT2D eigenvalue weighted by atomic mass is 16.5. The van der Waals surface area contributed by atoms with E-state index in [2.05, 4.69) is 5.10 Å². The van der Waals surface area contributed by atoms with Crippen LogP contribution in [0.3, 0.4) is 0 Å². The van der Waals surface area contributed by atoms with Crippen LogP contribution >= 0.6 is 0 Å². The molecule has 1 saturated heterocycles. The van der Waals surface area contributed by atoms with Crippen LogP contribution in [0.2, 0.25) is 0 Å². The van der Waals surface area contributed by atoms with Gasteiger partial charge in [0.1, 0.15) is 5.75 Å². The molecule has 3 aromatic carbocycles. The summed E-state index contributed by atoms with van der Waals surface area (Å²) in [4.78, 5) is 43.1. The number of methoxy groups -OCH3 is 1. The lowest BCUT2D eigenvalue weighted by Crippen LogP contribution is -2.51. The molecule has 0 unspecified atom stereocenters. The number of rotatable bonds is 5. The van der Waals surface area contributed by atoms with Crippen LogP contribution in [0.4, 0.5) is 0 Å². The smallest absolute Gasteiger partial charge is 0.275 e. The molecule has 0 bridgehead atoms. The SMILES string of the molecule is COc1cccc(C(=O)N2CCN(C(=O)c3nn(Cc4ccccc4)c(=O)c4ccccc34)CC2)c1. The lowest BCUT2D eigenvalue weighted by atomic mass is 10.1. The second-order valence-electron chi connectivity index (χ2n) is 8.66. The van der Waals surface area contributed by atoms with Crippen molar-refractivity contribution in [2.75, 3.05) is 33.3 Å². The van der Waals surface area contributed by atoms with Gasteiger partial charge in [-0.05, 0) is 29.8 Å². The molecule has 0 atom stereocenters. The summed E-state index contributed by atoms with van der Waals surface area (Å²) in [5.74, 6) is 0.278. The van der Waals surface area contributed by atoms with Crippen molar-refractivity contribution in [2.45, 2.75) is 6.54 Å². The number of piperazine rings is 1. The Kier molecular flexibility index (Phi) is 6.49. The van der Waals surface area contributed by atoms with Crippen molar-refractivity contribution in [1.82, 2.24) is 19.6 Å². The monoisotopic (exact) mass is 482 g/mol. The molecular formula is C28H26N4O4. The van der Waals surface area contributed by atoms with Crippen molar-refractivity contribution in [1.29, 1.82) is 0 Å². The highest BCUT2D eigenvalue weighted by Crippen LogP contribution is 2.19. The van der Waals surface area contributed by atoms with Crippen molar-refractivity contribution in [2.24, 2.45) is 0 Å². The predicted molar refractivity (Wildman–Crippen MR) is 136 cm³/mol. The van der Waals surface area contributed by atoms with Crippen molar-refractivity contribution in [3.63, 3.8) is 0 Å². The van der Waals surface area contributed by atoms with E-state index >= 15 is 0 Å². The van der Waals surface area contributed by atoms with Gasteiger partial charge < -0.3 is 14.5 Å². The molecule has 1 aliphatic heterocycles. The molecule has 2 heterocycles. The molecular weight excluding hydrogens is 456 g/mol. The highest BCUT2D eigenvalue weighted by molar-refractivity contribution is 6.05. The quantitative estimate of drug-likeness (QED) is 0.437. The maximum absolute atomic E-state index is 13.6. The normalized spacial score (nSPS) is 13.6. The van der Waals surface area contributed by atoms with E-state index in [9.17, 15) is 14.4 Å². The summed E-state index contributed by atoms with van der Waals surface area (Å²) in [6.45, 7) is 1.84. The minimum Gasteiger partial charge on any atom is -0.497 e. The number of hydrogen-bond acceptors (Lipinski definition) is 5. The first-order chi connectivity index (χ1) is 17.5. The minimum atomic E-state index is -0.249. The lowest BCUT2D eigenvalue weighted by molar-refractivity contribution is 0.0532. The fourth-order valence-corrected chi connectivity index (χ4v) is 4.46. The Morgan fingerprint density at radius 2 is 1.44 bits per heavy atom. The van der Waals surface area contributed by atoms with Crippen molar-refractivity contribution in [3.05, 3.63) is 106 Å². The third-order valence-electron chi connectivity index (χ3n) is 6.42. The van der Waals surface area contributed by atoms with Gasteiger partial charge in [-0.3, -0.25) is 14.4 Å². The van der Waals surface area contributed by atoms with Gasteiger partial charge in [0, 0.05) is 37.1 Å². The molecule has 8 nitrogen and oxygen atoms in total. The summed E-state index contributed by atoms with van der Waals surface area (Å²) in [5, 5.41) is 5.50. The van der Waals surface area contributed by atoms with Gasteiger partial charge in [-0.1, -0.05) is 54.6 Å². The predicted octanol–water partition coefficient (Wildman–Crippen LogP) is 3.05. The maximum Gasteiger partial charge on any atom is 0.275 e. The van der Waals surface area contributed by atoms with E-state index in [1.807, 2.05) is 30.3 Å². The third kappa shape index (κ3) is 4.57. The van der Waals surface area contributed by atoms with Crippen LogP contribution in [0.25, 0.3) is 10.8 Å². The number of carbonyl (C=O) groups excluding carboxylic acids is 2. The molecule has 1 fully saturated rings. The fourth-order valence-electron chi connectivity index (χ4n) is 4.46. The topological polar surface area (TPSA) is 84.7 Å². The van der Waals surface area contributed by atoms with Crippen LogP contribution in [0.1, 0.15) is 26.4 Å². The van der Waals surface area contributed by atoms with E-state index in [0.717, 1.165) is 5.56 Å². The number of benzene rings is 3. The molecule has 8 heteroatoms. The standard InChI is InChI=1S/C28H26N4O4/c1-36-22-11-7-10-21(18-22)26(33)30-14-16-31(17-15-30)28(35)25-23-12-5-6-13-24(23)27(34)32(29-25)19-20-8-3-2-4-9-20/h2-13,18H,14-17,19H2,1H3. The first-order valence-electron chi connectivity index (χ1n) is 11.8. The summed E-state index contributed by atoms with van der Waals surface area (Å²) >= 11 is 0. The van der Waals surface area contributed by atoms with Gasteiger partial charge in [0.2, 0.25) is 0 Å². The molecule has 2 amide bonds. The van der Waals surface area contributed by atoms with Crippen LogP contribution < -0.4 is 10.3 Å². The van der Waals surface area contributed by atoms with E-state index in [1.54, 1.807) is 65.4 Å². The van der Waals surface area contributed by atoms with Crippen LogP contribution in [0.5, 0.6) is 5.75 Å².